The van der Waals surface area contributed by atoms with E-state index in [1.165, 1.54) is 36.4 Å². The van der Waals surface area contributed by atoms with Crippen molar-refractivity contribution in [3.63, 3.8) is 0 Å². The zero-order chi connectivity index (χ0) is 17.4. The van der Waals surface area contributed by atoms with Gasteiger partial charge in [0.05, 0.1) is 0 Å². The molecule has 3 aromatic carbocycles. The molecule has 0 saturated heterocycles. The smallest absolute Gasteiger partial charge is 0.132 e. The Balaban J connectivity index is 2.15. The molecule has 0 aromatic heterocycles. The number of halogens is 4. The molecule has 0 amide bonds. The van der Waals surface area contributed by atoms with Gasteiger partial charge in [-0.3, -0.25) is 0 Å². The predicted molar refractivity (Wildman–Crippen MR) is 90.6 cm³/mol. The summed E-state index contributed by atoms with van der Waals surface area (Å²) in [5.41, 5.74) is 0.269. The van der Waals surface area contributed by atoms with Gasteiger partial charge in [-0.15, -0.1) is 0 Å². The predicted octanol–water partition coefficient (Wildman–Crippen LogP) is 6.02. The van der Waals surface area contributed by atoms with Crippen LogP contribution in [0.1, 0.15) is 0 Å². The minimum absolute atomic E-state index is 0.0651. The van der Waals surface area contributed by atoms with Gasteiger partial charge in [-0.05, 0) is 48.5 Å². The second kappa shape index (κ2) is 6.30. The minimum atomic E-state index is -0.650. The fourth-order valence-corrected chi connectivity index (χ4v) is 2.74. The highest BCUT2D eigenvalue weighted by molar-refractivity contribution is 6.31. The second-order valence-electron chi connectivity index (χ2n) is 5.13. The van der Waals surface area contributed by atoms with E-state index in [1.54, 1.807) is 0 Å². The van der Waals surface area contributed by atoms with Crippen LogP contribution in [0.4, 0.5) is 8.78 Å². The van der Waals surface area contributed by atoms with Crippen LogP contribution < -0.4 is 0 Å². The highest BCUT2D eigenvalue weighted by Crippen LogP contribution is 2.41. The molecular weight excluding hydrogens is 357 g/mol. The van der Waals surface area contributed by atoms with Crippen LogP contribution in [0, 0.1) is 11.6 Å². The average molecular weight is 367 g/mol. The molecule has 0 aliphatic rings. The van der Waals surface area contributed by atoms with Crippen molar-refractivity contribution in [2.45, 2.75) is 0 Å². The van der Waals surface area contributed by atoms with Gasteiger partial charge in [0.2, 0.25) is 0 Å². The van der Waals surface area contributed by atoms with E-state index >= 15 is 0 Å². The number of rotatable bonds is 2. The van der Waals surface area contributed by atoms with Gasteiger partial charge in [0.1, 0.15) is 23.1 Å². The first kappa shape index (κ1) is 16.6. The Morgan fingerprint density at radius 3 is 1.29 bits per heavy atom. The van der Waals surface area contributed by atoms with Gasteiger partial charge in [0.25, 0.3) is 0 Å². The monoisotopic (exact) mass is 366 g/mol. The third-order valence-corrected chi connectivity index (χ3v) is 4.03. The Bertz CT molecular complexity index is 865. The summed E-state index contributed by atoms with van der Waals surface area (Å²) in [4.78, 5) is 0. The largest absolute Gasteiger partial charge is 0.507 e. The lowest BCUT2D eigenvalue weighted by atomic mass is 9.97. The molecular formula is C18H10Cl2F2O2. The van der Waals surface area contributed by atoms with Crippen molar-refractivity contribution in [3.05, 3.63) is 70.2 Å². The van der Waals surface area contributed by atoms with Gasteiger partial charge in [0.15, 0.2) is 0 Å². The van der Waals surface area contributed by atoms with Crippen LogP contribution in [0.2, 0.25) is 10.0 Å². The van der Waals surface area contributed by atoms with E-state index in [1.807, 2.05) is 0 Å². The molecule has 3 rings (SSSR count). The molecule has 0 heterocycles. The van der Waals surface area contributed by atoms with E-state index in [0.29, 0.717) is 0 Å². The molecule has 0 radical (unpaired) electrons. The Morgan fingerprint density at radius 2 is 0.958 bits per heavy atom. The van der Waals surface area contributed by atoms with Gasteiger partial charge in [0, 0.05) is 32.3 Å². The fourth-order valence-electron chi connectivity index (χ4n) is 2.42. The molecule has 0 bridgehead atoms. The third kappa shape index (κ3) is 3.03. The molecule has 2 N–H and O–H groups in total. The lowest BCUT2D eigenvalue weighted by Gasteiger charge is -2.12. The first-order chi connectivity index (χ1) is 11.4. The summed E-state index contributed by atoms with van der Waals surface area (Å²) in [6.07, 6.45) is 0. The highest BCUT2D eigenvalue weighted by atomic mass is 35.5. The van der Waals surface area contributed by atoms with Gasteiger partial charge in [-0.1, -0.05) is 23.2 Å². The average Bonchev–Trinajstić information content (AvgIpc) is 2.50. The summed E-state index contributed by atoms with van der Waals surface area (Å²) in [6, 6.07) is 10.2. The van der Waals surface area contributed by atoms with Gasteiger partial charge in [-0.2, -0.15) is 0 Å². The Labute approximate surface area is 146 Å². The number of phenols is 2. The lowest BCUT2D eigenvalue weighted by Crippen LogP contribution is -1.89. The summed E-state index contributed by atoms with van der Waals surface area (Å²) in [7, 11) is 0. The third-order valence-electron chi connectivity index (χ3n) is 3.56. The first-order valence-electron chi connectivity index (χ1n) is 6.83. The van der Waals surface area contributed by atoms with Crippen molar-refractivity contribution >= 4 is 23.2 Å². The van der Waals surface area contributed by atoms with Crippen LogP contribution in [0.3, 0.4) is 0 Å². The number of phenolic OH excluding ortho intramolecular Hbond substituents is 2. The SMILES string of the molecule is Oc1cc(-c2ccc(Cl)cc2F)c(O)cc1-c1ccc(Cl)cc1F. The van der Waals surface area contributed by atoms with E-state index in [0.717, 1.165) is 12.1 Å². The summed E-state index contributed by atoms with van der Waals surface area (Å²) in [5.74, 6) is -1.91. The van der Waals surface area contributed by atoms with Crippen LogP contribution in [-0.4, -0.2) is 10.2 Å². The standard InChI is InChI=1S/C18H10Cl2F2O2/c19-9-1-3-11(15(21)5-9)13-7-18(24)14(8-17(13)23)12-4-2-10(20)6-16(12)22/h1-8,23-24H. The van der Waals surface area contributed by atoms with Gasteiger partial charge in [-0.25, -0.2) is 8.78 Å². The van der Waals surface area contributed by atoms with Crippen molar-refractivity contribution in [1.29, 1.82) is 0 Å². The van der Waals surface area contributed by atoms with E-state index in [9.17, 15) is 19.0 Å². The molecule has 6 heteroatoms. The van der Waals surface area contributed by atoms with E-state index in [4.69, 9.17) is 23.2 Å². The zero-order valence-corrected chi connectivity index (χ0v) is 13.5. The molecule has 0 saturated carbocycles. The van der Waals surface area contributed by atoms with Crippen molar-refractivity contribution in [1.82, 2.24) is 0 Å². The molecule has 24 heavy (non-hydrogen) atoms. The van der Waals surface area contributed by atoms with E-state index < -0.39 is 11.6 Å². The summed E-state index contributed by atoms with van der Waals surface area (Å²) in [5, 5.41) is 20.8. The summed E-state index contributed by atoms with van der Waals surface area (Å²) >= 11 is 11.4. The van der Waals surface area contributed by atoms with Crippen LogP contribution in [0.15, 0.2) is 48.5 Å². The molecule has 0 fully saturated rings. The number of hydrogen-bond acceptors (Lipinski definition) is 2. The van der Waals surface area contributed by atoms with Crippen molar-refractivity contribution in [2.75, 3.05) is 0 Å². The fraction of sp³-hybridized carbons (Fsp3) is 0. The van der Waals surface area contributed by atoms with Gasteiger partial charge < -0.3 is 10.2 Å². The van der Waals surface area contributed by atoms with Gasteiger partial charge >= 0.3 is 0 Å². The maximum atomic E-state index is 14.0. The van der Waals surface area contributed by atoms with Crippen LogP contribution >= 0.6 is 23.2 Å². The topological polar surface area (TPSA) is 40.5 Å². The molecule has 0 spiro atoms. The van der Waals surface area contributed by atoms with Crippen LogP contribution in [-0.2, 0) is 0 Å². The molecule has 0 unspecified atom stereocenters. The molecule has 122 valence electrons. The maximum Gasteiger partial charge on any atom is 0.132 e. The van der Waals surface area contributed by atoms with Crippen LogP contribution in [0.5, 0.6) is 11.5 Å². The molecule has 3 aromatic rings. The van der Waals surface area contributed by atoms with E-state index in [2.05, 4.69) is 0 Å². The maximum absolute atomic E-state index is 14.0. The molecule has 0 aliphatic carbocycles. The minimum Gasteiger partial charge on any atom is -0.507 e. The Kier molecular flexibility index (Phi) is 4.35. The normalized spacial score (nSPS) is 10.8. The first-order valence-corrected chi connectivity index (χ1v) is 7.59. The molecule has 0 atom stereocenters. The second-order valence-corrected chi connectivity index (χ2v) is 6.01. The molecule has 2 nitrogen and oxygen atoms in total. The lowest BCUT2D eigenvalue weighted by molar-refractivity contribution is 0.463. The highest BCUT2D eigenvalue weighted by Gasteiger charge is 2.17. The van der Waals surface area contributed by atoms with Crippen molar-refractivity contribution in [3.8, 4) is 33.8 Å². The number of aromatic hydroxyl groups is 2. The number of benzene rings is 3. The molecule has 0 aliphatic heterocycles. The van der Waals surface area contributed by atoms with Crippen molar-refractivity contribution < 1.29 is 19.0 Å². The number of hydrogen-bond donors (Lipinski definition) is 2. The summed E-state index contributed by atoms with van der Waals surface area (Å²) < 4.78 is 28.1. The Hall–Kier alpha value is -2.30. The van der Waals surface area contributed by atoms with Crippen molar-refractivity contribution in [2.24, 2.45) is 0 Å². The summed E-state index contributed by atoms with van der Waals surface area (Å²) in [6.45, 7) is 0. The zero-order valence-electron chi connectivity index (χ0n) is 12.0. The van der Waals surface area contributed by atoms with Crippen LogP contribution in [0.25, 0.3) is 22.3 Å². The Morgan fingerprint density at radius 1 is 0.583 bits per heavy atom. The van der Waals surface area contributed by atoms with E-state index in [-0.39, 0.29) is 43.8 Å². The quantitative estimate of drug-likeness (QED) is 0.544.